The number of rotatable bonds is 10. The van der Waals surface area contributed by atoms with Crippen LogP contribution in [0, 0.1) is 5.92 Å². The van der Waals surface area contributed by atoms with Crippen LogP contribution in [0.3, 0.4) is 0 Å². The maximum Gasteiger partial charge on any atom is 0.230 e. The maximum absolute atomic E-state index is 12.5. The van der Waals surface area contributed by atoms with Crippen LogP contribution in [0.2, 0.25) is 0 Å². The minimum atomic E-state index is -0.372. The van der Waals surface area contributed by atoms with Crippen molar-refractivity contribution in [3.05, 3.63) is 41.2 Å². The highest BCUT2D eigenvalue weighted by Crippen LogP contribution is 2.23. The first-order valence-corrected chi connectivity index (χ1v) is 10.5. The van der Waals surface area contributed by atoms with E-state index in [2.05, 4.69) is 60.6 Å². The molecular formula is C20H29N5O2S. The number of hydrogen-bond donors (Lipinski definition) is 2. The number of carbonyl (C=O) groups is 2. The number of nitrogens with two attached hydrogens (primary N) is 1. The van der Waals surface area contributed by atoms with Crippen molar-refractivity contribution in [2.45, 2.75) is 51.2 Å². The molecule has 0 fully saturated rings. The summed E-state index contributed by atoms with van der Waals surface area (Å²) in [6.07, 6.45) is 1.66. The number of nitrogens with zero attached hydrogens (tertiary/aromatic N) is 3. The van der Waals surface area contributed by atoms with Gasteiger partial charge in [0.05, 0.1) is 11.8 Å². The molecule has 0 saturated heterocycles. The molecular weight excluding hydrogens is 374 g/mol. The first-order valence-electron chi connectivity index (χ1n) is 9.49. The zero-order valence-electron chi connectivity index (χ0n) is 16.9. The molecule has 28 heavy (non-hydrogen) atoms. The van der Waals surface area contributed by atoms with Crippen LogP contribution < -0.4 is 11.1 Å². The molecule has 0 bridgehead atoms. The van der Waals surface area contributed by atoms with Gasteiger partial charge in [-0.2, -0.15) is 0 Å². The van der Waals surface area contributed by atoms with E-state index in [1.165, 1.54) is 17.3 Å². The standard InChI is InChI=1S/C20H29N5O2S/c1-5-14-6-8-15(9-7-14)19(13(2)3)22-18(27)12-28-20-24-23-17(25(20)4)11-10-16(21)26/h6-9,13,19H,5,10-12H2,1-4H3,(H2,21,26)(H,22,27)/t19-/m1/s1. The highest BCUT2D eigenvalue weighted by molar-refractivity contribution is 7.99. The quantitative estimate of drug-likeness (QED) is 0.593. The van der Waals surface area contributed by atoms with Crippen molar-refractivity contribution < 1.29 is 9.59 Å². The summed E-state index contributed by atoms with van der Waals surface area (Å²) in [5.74, 6) is 0.778. The molecule has 1 aromatic heterocycles. The summed E-state index contributed by atoms with van der Waals surface area (Å²) in [7, 11) is 1.82. The SMILES string of the molecule is CCc1ccc([C@H](NC(=O)CSc2nnc(CCC(N)=O)n2C)C(C)C)cc1. The number of thioether (sulfide) groups is 1. The fraction of sp³-hybridized carbons (Fsp3) is 0.500. The smallest absolute Gasteiger partial charge is 0.230 e. The second-order valence-electron chi connectivity index (χ2n) is 7.10. The number of aryl methyl sites for hydroxylation is 2. The summed E-state index contributed by atoms with van der Waals surface area (Å²) in [4.78, 5) is 23.4. The molecule has 7 nitrogen and oxygen atoms in total. The zero-order chi connectivity index (χ0) is 20.7. The Morgan fingerprint density at radius 1 is 1.21 bits per heavy atom. The molecule has 0 unspecified atom stereocenters. The number of benzene rings is 1. The Labute approximate surface area is 170 Å². The first-order chi connectivity index (χ1) is 13.3. The van der Waals surface area contributed by atoms with Crippen LogP contribution in [0.1, 0.15) is 50.2 Å². The van der Waals surface area contributed by atoms with Crippen molar-refractivity contribution in [2.24, 2.45) is 18.7 Å². The summed E-state index contributed by atoms with van der Waals surface area (Å²) in [5.41, 5.74) is 7.57. The van der Waals surface area contributed by atoms with Crippen molar-refractivity contribution in [1.29, 1.82) is 0 Å². The molecule has 8 heteroatoms. The van der Waals surface area contributed by atoms with E-state index in [0.717, 1.165) is 12.0 Å². The Kier molecular flexibility index (Phi) is 8.04. The largest absolute Gasteiger partial charge is 0.370 e. The third-order valence-corrected chi connectivity index (χ3v) is 5.60. The predicted molar refractivity (Wildman–Crippen MR) is 111 cm³/mol. The van der Waals surface area contributed by atoms with Crippen LogP contribution in [0.15, 0.2) is 29.4 Å². The number of aromatic nitrogens is 3. The summed E-state index contributed by atoms with van der Waals surface area (Å²) >= 11 is 1.33. The lowest BCUT2D eigenvalue weighted by molar-refractivity contribution is -0.120. The molecule has 0 spiro atoms. The third-order valence-electron chi connectivity index (χ3n) is 4.58. The molecule has 2 aromatic rings. The van der Waals surface area contributed by atoms with E-state index in [9.17, 15) is 9.59 Å². The highest BCUT2D eigenvalue weighted by atomic mass is 32.2. The molecule has 0 aliphatic heterocycles. The van der Waals surface area contributed by atoms with Gasteiger partial charge in [0.15, 0.2) is 5.16 Å². The average Bonchev–Trinajstić information content (AvgIpc) is 3.02. The van der Waals surface area contributed by atoms with Crippen LogP contribution >= 0.6 is 11.8 Å². The molecule has 3 N–H and O–H groups in total. The Morgan fingerprint density at radius 3 is 2.46 bits per heavy atom. The molecule has 0 radical (unpaired) electrons. The van der Waals surface area contributed by atoms with Crippen LogP contribution in [-0.4, -0.2) is 32.3 Å². The van der Waals surface area contributed by atoms with Gasteiger partial charge < -0.3 is 15.6 Å². The highest BCUT2D eigenvalue weighted by Gasteiger charge is 2.19. The second kappa shape index (κ2) is 10.3. The van der Waals surface area contributed by atoms with Crippen molar-refractivity contribution >= 4 is 23.6 Å². The lowest BCUT2D eigenvalue weighted by atomic mass is 9.95. The van der Waals surface area contributed by atoms with Gasteiger partial charge in [0.1, 0.15) is 5.82 Å². The summed E-state index contributed by atoms with van der Waals surface area (Å²) in [6, 6.07) is 8.36. The van der Waals surface area contributed by atoms with Gasteiger partial charge in [-0.25, -0.2) is 0 Å². The van der Waals surface area contributed by atoms with Crippen molar-refractivity contribution in [1.82, 2.24) is 20.1 Å². The number of carbonyl (C=O) groups excluding carboxylic acids is 2. The third kappa shape index (κ3) is 6.09. The van der Waals surface area contributed by atoms with E-state index >= 15 is 0 Å². The molecule has 2 amide bonds. The minimum absolute atomic E-state index is 0.0374. The summed E-state index contributed by atoms with van der Waals surface area (Å²) < 4.78 is 1.80. The van der Waals surface area contributed by atoms with Crippen molar-refractivity contribution in [3.8, 4) is 0 Å². The van der Waals surface area contributed by atoms with E-state index in [4.69, 9.17) is 5.73 Å². The molecule has 2 rings (SSSR count). The Morgan fingerprint density at radius 2 is 1.89 bits per heavy atom. The fourth-order valence-corrected chi connectivity index (χ4v) is 3.61. The molecule has 0 saturated carbocycles. The Hall–Kier alpha value is -2.35. The van der Waals surface area contributed by atoms with Crippen LogP contribution in [-0.2, 0) is 29.5 Å². The number of hydrogen-bond acceptors (Lipinski definition) is 5. The van der Waals surface area contributed by atoms with Crippen LogP contribution in [0.5, 0.6) is 0 Å². The molecule has 0 aliphatic carbocycles. The van der Waals surface area contributed by atoms with Gasteiger partial charge in [-0.3, -0.25) is 9.59 Å². The molecule has 152 valence electrons. The topological polar surface area (TPSA) is 103 Å². The van der Waals surface area contributed by atoms with E-state index in [0.29, 0.717) is 17.4 Å². The number of amides is 2. The fourth-order valence-electron chi connectivity index (χ4n) is 2.86. The van der Waals surface area contributed by atoms with Crippen molar-refractivity contribution in [2.75, 3.05) is 5.75 Å². The van der Waals surface area contributed by atoms with E-state index < -0.39 is 0 Å². The lowest BCUT2D eigenvalue weighted by Gasteiger charge is -2.23. The lowest BCUT2D eigenvalue weighted by Crippen LogP contribution is -2.33. The van der Waals surface area contributed by atoms with Gasteiger partial charge in [0.25, 0.3) is 0 Å². The zero-order valence-corrected chi connectivity index (χ0v) is 17.8. The van der Waals surface area contributed by atoms with Crippen molar-refractivity contribution in [3.63, 3.8) is 0 Å². The number of primary amides is 1. The van der Waals surface area contributed by atoms with Gasteiger partial charge in [-0.05, 0) is 23.5 Å². The summed E-state index contributed by atoms with van der Waals surface area (Å²) in [5, 5.41) is 11.9. The van der Waals surface area contributed by atoms with Crippen LogP contribution in [0.4, 0.5) is 0 Å². The van der Waals surface area contributed by atoms with E-state index in [1.807, 2.05) is 7.05 Å². The van der Waals surface area contributed by atoms with Gasteiger partial charge in [0, 0.05) is 19.9 Å². The van der Waals surface area contributed by atoms with E-state index in [1.54, 1.807) is 4.57 Å². The number of nitrogens with one attached hydrogen (secondary N) is 1. The van der Waals surface area contributed by atoms with Gasteiger partial charge in [0.2, 0.25) is 11.8 Å². The van der Waals surface area contributed by atoms with Gasteiger partial charge in [-0.15, -0.1) is 10.2 Å². The average molecular weight is 404 g/mol. The first kappa shape index (κ1) is 21.9. The van der Waals surface area contributed by atoms with Gasteiger partial charge >= 0.3 is 0 Å². The molecule has 1 heterocycles. The molecule has 1 atom stereocenters. The normalized spacial score (nSPS) is 12.2. The Balaban J connectivity index is 1.95. The summed E-state index contributed by atoms with van der Waals surface area (Å²) in [6.45, 7) is 6.32. The maximum atomic E-state index is 12.5. The van der Waals surface area contributed by atoms with Gasteiger partial charge in [-0.1, -0.05) is 56.8 Å². The van der Waals surface area contributed by atoms with E-state index in [-0.39, 0.29) is 35.9 Å². The molecule has 1 aromatic carbocycles. The minimum Gasteiger partial charge on any atom is -0.370 e. The molecule has 0 aliphatic rings. The Bertz CT molecular complexity index is 801. The second-order valence-corrected chi connectivity index (χ2v) is 8.04. The predicted octanol–water partition coefficient (Wildman–Crippen LogP) is 2.40. The van der Waals surface area contributed by atoms with Crippen LogP contribution in [0.25, 0.3) is 0 Å². The monoisotopic (exact) mass is 403 g/mol.